The third-order valence-corrected chi connectivity index (χ3v) is 3.93. The second-order valence-corrected chi connectivity index (χ2v) is 5.65. The minimum Gasteiger partial charge on any atom is -0.468 e. The summed E-state index contributed by atoms with van der Waals surface area (Å²) in [6.45, 7) is 5.90. The number of para-hydroxylation sites is 2. The minimum absolute atomic E-state index is 0.0167. The largest absolute Gasteiger partial charge is 0.573 e. The van der Waals surface area contributed by atoms with Gasteiger partial charge in [-0.2, -0.15) is 0 Å². The number of likely N-dealkylation sites (N-methyl/N-ethyl adjacent to an activating group) is 1. The minimum atomic E-state index is -4.79. The summed E-state index contributed by atoms with van der Waals surface area (Å²) in [6, 6.07) is 9.16. The second kappa shape index (κ2) is 9.31. The van der Waals surface area contributed by atoms with Crippen molar-refractivity contribution in [1.82, 2.24) is 4.90 Å². The molecule has 6 nitrogen and oxygen atoms in total. The van der Waals surface area contributed by atoms with Gasteiger partial charge in [-0.25, -0.2) is 0 Å². The molecule has 1 unspecified atom stereocenters. The first-order valence-corrected chi connectivity index (χ1v) is 8.53. The highest BCUT2D eigenvalue weighted by Crippen LogP contribution is 2.29. The maximum Gasteiger partial charge on any atom is 0.573 e. The fraction of sp³-hybridized carbons (Fsp3) is 0.389. The average Bonchev–Trinajstić information content (AvgIpc) is 3.13. The van der Waals surface area contributed by atoms with E-state index >= 15 is 0 Å². The van der Waals surface area contributed by atoms with Gasteiger partial charge in [0.05, 0.1) is 24.5 Å². The number of rotatable bonds is 8. The lowest BCUT2D eigenvalue weighted by atomic mass is 10.2. The summed E-state index contributed by atoms with van der Waals surface area (Å²) in [5.74, 6) is 0.350. The Hall–Kier alpha value is -2.68. The van der Waals surface area contributed by atoms with Crippen LogP contribution in [0.3, 0.4) is 0 Å². The third kappa shape index (κ3) is 6.21. The molecule has 148 valence electrons. The maximum atomic E-state index is 12.5. The predicted molar refractivity (Wildman–Crippen MR) is 97.6 cm³/mol. The highest BCUT2D eigenvalue weighted by molar-refractivity contribution is 5.93. The van der Waals surface area contributed by atoms with E-state index in [1.807, 2.05) is 19.9 Å². The van der Waals surface area contributed by atoms with Crippen LogP contribution >= 0.6 is 0 Å². The molecule has 0 saturated carbocycles. The third-order valence-electron chi connectivity index (χ3n) is 3.93. The molecule has 0 radical (unpaired) electrons. The molecule has 0 aliphatic heterocycles. The molecule has 1 aromatic carbocycles. The Morgan fingerprint density at radius 1 is 1.22 bits per heavy atom. The molecule has 2 aromatic rings. The first-order valence-electron chi connectivity index (χ1n) is 8.53. The van der Waals surface area contributed by atoms with Crippen LogP contribution in [-0.2, 0) is 0 Å². The number of nitrogens with zero attached hydrogens (tertiary/aromatic N) is 2. The van der Waals surface area contributed by atoms with Crippen LogP contribution < -0.4 is 15.8 Å². The number of hydrogen-bond acceptors (Lipinski definition) is 4. The quantitative estimate of drug-likeness (QED) is 0.532. The van der Waals surface area contributed by atoms with Gasteiger partial charge in [0.1, 0.15) is 5.76 Å². The number of nitrogens with one attached hydrogen (secondary N) is 1. The molecule has 1 heterocycles. The maximum absolute atomic E-state index is 12.5. The van der Waals surface area contributed by atoms with Crippen LogP contribution in [0.15, 0.2) is 52.1 Å². The van der Waals surface area contributed by atoms with Gasteiger partial charge in [-0.15, -0.1) is 13.2 Å². The summed E-state index contributed by atoms with van der Waals surface area (Å²) in [7, 11) is 0. The van der Waals surface area contributed by atoms with E-state index in [0.29, 0.717) is 0 Å². The number of guanidine groups is 1. The van der Waals surface area contributed by atoms with Gasteiger partial charge in [-0.05, 0) is 37.4 Å². The number of hydrogen-bond donors (Lipinski definition) is 2. The molecule has 0 fully saturated rings. The zero-order valence-corrected chi connectivity index (χ0v) is 15.2. The Morgan fingerprint density at radius 2 is 1.93 bits per heavy atom. The van der Waals surface area contributed by atoms with E-state index in [1.54, 1.807) is 18.4 Å². The van der Waals surface area contributed by atoms with Crippen molar-refractivity contribution in [2.24, 2.45) is 10.7 Å². The van der Waals surface area contributed by atoms with Crippen LogP contribution in [0.4, 0.5) is 18.9 Å². The summed E-state index contributed by atoms with van der Waals surface area (Å²) < 4.78 is 47.0. The van der Waals surface area contributed by atoms with E-state index in [4.69, 9.17) is 10.2 Å². The van der Waals surface area contributed by atoms with Gasteiger partial charge in [-0.3, -0.25) is 9.89 Å². The normalized spacial score (nSPS) is 13.6. The van der Waals surface area contributed by atoms with Crippen LogP contribution in [0, 0.1) is 0 Å². The molecular formula is C18H23F3N4O2. The van der Waals surface area contributed by atoms with Crippen molar-refractivity contribution in [3.05, 3.63) is 48.4 Å². The van der Waals surface area contributed by atoms with Crippen molar-refractivity contribution in [3.8, 4) is 5.75 Å². The lowest BCUT2D eigenvalue weighted by Gasteiger charge is -2.26. The van der Waals surface area contributed by atoms with E-state index in [1.165, 1.54) is 18.2 Å². The number of nitrogens with two attached hydrogens (primary N) is 1. The highest BCUT2D eigenvalue weighted by Gasteiger charge is 2.32. The van der Waals surface area contributed by atoms with Gasteiger partial charge >= 0.3 is 6.36 Å². The number of ether oxygens (including phenoxy) is 1. The van der Waals surface area contributed by atoms with Crippen molar-refractivity contribution in [3.63, 3.8) is 0 Å². The first-order chi connectivity index (χ1) is 12.8. The van der Waals surface area contributed by atoms with E-state index in [9.17, 15) is 13.2 Å². The fourth-order valence-corrected chi connectivity index (χ4v) is 2.68. The predicted octanol–water partition coefficient (Wildman–Crippen LogP) is 3.99. The molecule has 9 heteroatoms. The average molecular weight is 384 g/mol. The summed E-state index contributed by atoms with van der Waals surface area (Å²) in [4.78, 5) is 6.42. The van der Waals surface area contributed by atoms with Crippen LogP contribution in [0.1, 0.15) is 25.6 Å². The summed E-state index contributed by atoms with van der Waals surface area (Å²) in [5, 5.41) is 2.66. The Morgan fingerprint density at radius 3 is 2.52 bits per heavy atom. The summed E-state index contributed by atoms with van der Waals surface area (Å²) in [6.07, 6.45) is -3.21. The zero-order chi connectivity index (χ0) is 19.9. The van der Waals surface area contributed by atoms with E-state index in [2.05, 4.69) is 19.9 Å². The molecule has 0 bridgehead atoms. The molecule has 1 aromatic heterocycles. The fourth-order valence-electron chi connectivity index (χ4n) is 2.68. The number of alkyl halides is 3. The number of aliphatic imine (C=N–C) groups is 1. The standard InChI is InChI=1S/C18H23F3N4O2/c1-3-25(4-2)14(16-10-7-11-26-16)12-23-17(22)24-13-8-5-6-9-15(13)27-18(19,20)21/h5-11,14H,3-4,12H2,1-2H3,(H3,22,23,24). The molecule has 0 aliphatic rings. The van der Waals surface area contributed by atoms with Gasteiger partial charge in [0.15, 0.2) is 11.7 Å². The van der Waals surface area contributed by atoms with Gasteiger partial charge in [0, 0.05) is 0 Å². The van der Waals surface area contributed by atoms with Crippen molar-refractivity contribution >= 4 is 11.6 Å². The Kier molecular flexibility index (Phi) is 7.12. The van der Waals surface area contributed by atoms with Gasteiger partial charge < -0.3 is 20.2 Å². The van der Waals surface area contributed by atoms with E-state index < -0.39 is 6.36 Å². The van der Waals surface area contributed by atoms with E-state index in [-0.39, 0.29) is 30.0 Å². The number of benzene rings is 1. The van der Waals surface area contributed by atoms with Crippen molar-refractivity contribution in [2.75, 3.05) is 25.0 Å². The van der Waals surface area contributed by atoms with Crippen molar-refractivity contribution < 1.29 is 22.3 Å². The second-order valence-electron chi connectivity index (χ2n) is 5.65. The molecule has 0 aliphatic carbocycles. The Labute approximate surface area is 155 Å². The van der Waals surface area contributed by atoms with Crippen LogP contribution in [-0.4, -0.2) is 36.9 Å². The molecule has 0 amide bonds. The zero-order valence-electron chi connectivity index (χ0n) is 15.2. The van der Waals surface area contributed by atoms with E-state index in [0.717, 1.165) is 18.8 Å². The number of furan rings is 1. The van der Waals surface area contributed by atoms with Crippen LogP contribution in [0.5, 0.6) is 5.75 Å². The number of anilines is 1. The lowest BCUT2D eigenvalue weighted by molar-refractivity contribution is -0.274. The van der Waals surface area contributed by atoms with Crippen LogP contribution in [0.25, 0.3) is 0 Å². The first kappa shape index (κ1) is 20.6. The SMILES string of the molecule is CCN(CC)C(CN=C(N)Nc1ccccc1OC(F)(F)F)c1ccco1. The molecular weight excluding hydrogens is 361 g/mol. The number of halogens is 3. The molecule has 1 atom stereocenters. The summed E-state index contributed by atoms with van der Waals surface area (Å²) >= 11 is 0. The Balaban J connectivity index is 2.13. The van der Waals surface area contributed by atoms with Gasteiger partial charge in [-0.1, -0.05) is 26.0 Å². The molecule has 3 N–H and O–H groups in total. The van der Waals surface area contributed by atoms with Crippen LogP contribution in [0.2, 0.25) is 0 Å². The molecule has 2 rings (SSSR count). The smallest absolute Gasteiger partial charge is 0.468 e. The molecule has 27 heavy (non-hydrogen) atoms. The molecule has 0 saturated heterocycles. The van der Waals surface area contributed by atoms with Crippen molar-refractivity contribution in [1.29, 1.82) is 0 Å². The van der Waals surface area contributed by atoms with Gasteiger partial charge in [0.2, 0.25) is 0 Å². The molecule has 0 spiro atoms. The summed E-state index contributed by atoms with van der Waals surface area (Å²) in [5.41, 5.74) is 5.95. The van der Waals surface area contributed by atoms with Gasteiger partial charge in [0.25, 0.3) is 0 Å². The monoisotopic (exact) mass is 384 g/mol. The topological polar surface area (TPSA) is 76.0 Å². The highest BCUT2D eigenvalue weighted by atomic mass is 19.4. The Bertz CT molecular complexity index is 728. The van der Waals surface area contributed by atoms with Crippen molar-refractivity contribution in [2.45, 2.75) is 26.3 Å². The lowest BCUT2D eigenvalue weighted by Crippen LogP contribution is -2.32.